The molecule has 0 amide bonds. The molecule has 0 aromatic rings. The van der Waals surface area contributed by atoms with Gasteiger partial charge < -0.3 is 28.4 Å². The standard InChI is InChI=1S/C17H30O8/c1-11-12(2)16(24-14(4)19)17(22-9-8-21-7-6-20-5)25-15(11)10-23-13(3)18/h11-12,15-17H,6-10H2,1-5H3/t11-,12-,15?,16?,17-/m0/s1. The van der Waals surface area contributed by atoms with E-state index in [2.05, 4.69) is 0 Å². The van der Waals surface area contributed by atoms with Gasteiger partial charge in [-0.15, -0.1) is 0 Å². The number of rotatable bonds is 10. The van der Waals surface area contributed by atoms with Crippen molar-refractivity contribution < 1.29 is 38.0 Å². The Morgan fingerprint density at radius 3 is 2.24 bits per heavy atom. The number of hydrogen-bond donors (Lipinski definition) is 0. The van der Waals surface area contributed by atoms with Crippen LogP contribution in [0.4, 0.5) is 0 Å². The molecule has 0 bridgehead atoms. The highest BCUT2D eigenvalue weighted by Gasteiger charge is 2.44. The van der Waals surface area contributed by atoms with Gasteiger partial charge in [0.2, 0.25) is 0 Å². The van der Waals surface area contributed by atoms with Crippen molar-refractivity contribution in [1.82, 2.24) is 0 Å². The van der Waals surface area contributed by atoms with Crippen LogP contribution in [0.1, 0.15) is 27.7 Å². The second kappa shape index (κ2) is 11.4. The summed E-state index contributed by atoms with van der Waals surface area (Å²) in [6.07, 6.45) is -1.59. The average Bonchev–Trinajstić information content (AvgIpc) is 2.55. The molecule has 146 valence electrons. The number of ether oxygens (including phenoxy) is 6. The Morgan fingerprint density at radius 2 is 1.64 bits per heavy atom. The fraction of sp³-hybridized carbons (Fsp3) is 0.882. The largest absolute Gasteiger partial charge is 0.463 e. The third kappa shape index (κ3) is 7.68. The van der Waals surface area contributed by atoms with E-state index in [9.17, 15) is 9.59 Å². The first-order chi connectivity index (χ1) is 11.9. The molecule has 8 heteroatoms. The highest BCUT2D eigenvalue weighted by Crippen LogP contribution is 2.33. The Balaban J connectivity index is 2.62. The van der Waals surface area contributed by atoms with Crippen molar-refractivity contribution in [3.05, 3.63) is 0 Å². The lowest BCUT2D eigenvalue weighted by atomic mass is 9.83. The van der Waals surface area contributed by atoms with Gasteiger partial charge in [-0.2, -0.15) is 0 Å². The van der Waals surface area contributed by atoms with Crippen LogP contribution in [0.2, 0.25) is 0 Å². The van der Waals surface area contributed by atoms with E-state index in [0.717, 1.165) is 0 Å². The van der Waals surface area contributed by atoms with Crippen molar-refractivity contribution in [2.24, 2.45) is 11.8 Å². The fourth-order valence-electron chi connectivity index (χ4n) is 2.61. The van der Waals surface area contributed by atoms with Gasteiger partial charge in [0.25, 0.3) is 0 Å². The smallest absolute Gasteiger partial charge is 0.303 e. The minimum atomic E-state index is -0.735. The van der Waals surface area contributed by atoms with Crippen LogP contribution < -0.4 is 0 Å². The van der Waals surface area contributed by atoms with Gasteiger partial charge >= 0.3 is 11.9 Å². The Labute approximate surface area is 149 Å². The molecule has 5 atom stereocenters. The molecular weight excluding hydrogens is 332 g/mol. The molecule has 1 saturated heterocycles. The lowest BCUT2D eigenvalue weighted by Gasteiger charge is -2.43. The van der Waals surface area contributed by atoms with E-state index in [1.54, 1.807) is 7.11 Å². The van der Waals surface area contributed by atoms with E-state index in [1.165, 1.54) is 13.8 Å². The molecule has 1 fully saturated rings. The van der Waals surface area contributed by atoms with Crippen molar-refractivity contribution in [2.45, 2.75) is 46.2 Å². The maximum absolute atomic E-state index is 11.4. The molecule has 2 unspecified atom stereocenters. The second-order valence-corrected chi connectivity index (χ2v) is 6.11. The zero-order chi connectivity index (χ0) is 18.8. The van der Waals surface area contributed by atoms with Gasteiger partial charge in [0.1, 0.15) is 6.61 Å². The Hall–Kier alpha value is -1.22. The van der Waals surface area contributed by atoms with Gasteiger partial charge in [-0.1, -0.05) is 13.8 Å². The molecule has 1 heterocycles. The predicted molar refractivity (Wildman–Crippen MR) is 87.8 cm³/mol. The first-order valence-corrected chi connectivity index (χ1v) is 8.51. The molecule has 25 heavy (non-hydrogen) atoms. The normalized spacial score (nSPS) is 29.2. The lowest BCUT2D eigenvalue weighted by molar-refractivity contribution is -0.282. The van der Waals surface area contributed by atoms with Gasteiger partial charge in [-0.05, 0) is 5.92 Å². The third-order valence-electron chi connectivity index (χ3n) is 4.21. The molecule has 0 aromatic carbocycles. The van der Waals surface area contributed by atoms with Crippen molar-refractivity contribution in [2.75, 3.05) is 40.1 Å². The first-order valence-electron chi connectivity index (χ1n) is 8.51. The van der Waals surface area contributed by atoms with E-state index in [-0.39, 0.29) is 37.1 Å². The molecule has 8 nitrogen and oxygen atoms in total. The maximum atomic E-state index is 11.4. The molecule has 0 radical (unpaired) electrons. The summed E-state index contributed by atoms with van der Waals surface area (Å²) in [5.74, 6) is -0.746. The molecule has 0 aliphatic carbocycles. The summed E-state index contributed by atoms with van der Waals surface area (Å²) in [6, 6.07) is 0. The third-order valence-corrected chi connectivity index (χ3v) is 4.21. The Kier molecular flexibility index (Phi) is 9.96. The highest BCUT2D eigenvalue weighted by atomic mass is 16.7. The lowest BCUT2D eigenvalue weighted by Crippen LogP contribution is -2.53. The molecule has 0 N–H and O–H groups in total. The van der Waals surface area contributed by atoms with E-state index < -0.39 is 18.4 Å². The van der Waals surface area contributed by atoms with Crippen LogP contribution in [-0.4, -0.2) is 70.6 Å². The molecule has 0 saturated carbocycles. The highest BCUT2D eigenvalue weighted by molar-refractivity contribution is 5.66. The van der Waals surface area contributed by atoms with Gasteiger partial charge in [-0.3, -0.25) is 9.59 Å². The summed E-state index contributed by atoms with van der Waals surface area (Å²) in [5, 5.41) is 0. The summed E-state index contributed by atoms with van der Waals surface area (Å²) in [4.78, 5) is 22.5. The molecule has 1 aliphatic heterocycles. The zero-order valence-electron chi connectivity index (χ0n) is 15.7. The van der Waals surface area contributed by atoms with E-state index in [4.69, 9.17) is 28.4 Å². The van der Waals surface area contributed by atoms with Crippen LogP contribution in [0.15, 0.2) is 0 Å². The fourth-order valence-corrected chi connectivity index (χ4v) is 2.61. The maximum Gasteiger partial charge on any atom is 0.303 e. The van der Waals surface area contributed by atoms with E-state index >= 15 is 0 Å². The monoisotopic (exact) mass is 362 g/mol. The summed E-state index contributed by atoms with van der Waals surface area (Å²) in [7, 11) is 1.60. The summed E-state index contributed by atoms with van der Waals surface area (Å²) < 4.78 is 32.3. The van der Waals surface area contributed by atoms with Gasteiger partial charge in [0.05, 0.1) is 32.5 Å². The number of methoxy groups -OCH3 is 1. The van der Waals surface area contributed by atoms with Crippen LogP contribution >= 0.6 is 0 Å². The van der Waals surface area contributed by atoms with E-state index in [1.807, 2.05) is 13.8 Å². The van der Waals surface area contributed by atoms with Crippen LogP contribution in [0.5, 0.6) is 0 Å². The zero-order valence-corrected chi connectivity index (χ0v) is 15.7. The minimum absolute atomic E-state index is 0.0161. The van der Waals surface area contributed by atoms with Crippen LogP contribution in [0, 0.1) is 11.8 Å². The van der Waals surface area contributed by atoms with Crippen LogP contribution in [0.3, 0.4) is 0 Å². The second-order valence-electron chi connectivity index (χ2n) is 6.11. The van der Waals surface area contributed by atoms with Gasteiger partial charge in [0.15, 0.2) is 12.4 Å². The summed E-state index contributed by atoms with van der Waals surface area (Å²) in [6.45, 7) is 8.42. The van der Waals surface area contributed by atoms with Crippen molar-refractivity contribution >= 4 is 11.9 Å². The van der Waals surface area contributed by atoms with Crippen molar-refractivity contribution in [1.29, 1.82) is 0 Å². The van der Waals surface area contributed by atoms with Crippen LogP contribution in [-0.2, 0) is 38.0 Å². The van der Waals surface area contributed by atoms with Gasteiger partial charge in [0, 0.05) is 26.9 Å². The topological polar surface area (TPSA) is 89.5 Å². The number of carbonyl (C=O) groups excluding carboxylic acids is 2. The summed E-state index contributed by atoms with van der Waals surface area (Å²) in [5.41, 5.74) is 0. The molecular formula is C17H30O8. The number of carbonyl (C=O) groups is 2. The predicted octanol–water partition coefficient (Wildman–Crippen LogP) is 1.16. The first kappa shape index (κ1) is 21.8. The number of esters is 2. The van der Waals surface area contributed by atoms with E-state index in [0.29, 0.717) is 19.8 Å². The summed E-state index contributed by atoms with van der Waals surface area (Å²) >= 11 is 0. The Morgan fingerprint density at radius 1 is 0.960 bits per heavy atom. The minimum Gasteiger partial charge on any atom is -0.463 e. The molecule has 0 aromatic heterocycles. The molecule has 1 rings (SSSR count). The number of hydrogen-bond acceptors (Lipinski definition) is 8. The van der Waals surface area contributed by atoms with Crippen molar-refractivity contribution in [3.8, 4) is 0 Å². The molecule has 1 aliphatic rings. The van der Waals surface area contributed by atoms with Gasteiger partial charge in [-0.25, -0.2) is 0 Å². The molecule has 0 spiro atoms. The van der Waals surface area contributed by atoms with Crippen molar-refractivity contribution in [3.63, 3.8) is 0 Å². The SMILES string of the molecule is COCCOCCO[C@H]1OC(COC(C)=O)[C@@H](C)[C@H](C)C1OC(C)=O. The quantitative estimate of drug-likeness (QED) is 0.422. The van der Waals surface area contributed by atoms with Crippen LogP contribution in [0.25, 0.3) is 0 Å². The average molecular weight is 362 g/mol. The Bertz CT molecular complexity index is 411.